The fourth-order valence-corrected chi connectivity index (χ4v) is 4.34. The van der Waals surface area contributed by atoms with E-state index in [1.54, 1.807) is 0 Å². The number of hydrogen-bond acceptors (Lipinski definition) is 1. The van der Waals surface area contributed by atoms with Gasteiger partial charge in [0.05, 0.1) is 25.2 Å². The summed E-state index contributed by atoms with van der Waals surface area (Å²) in [5.74, 6) is 1.31. The van der Waals surface area contributed by atoms with Crippen LogP contribution in [0.2, 0.25) is 0 Å². The summed E-state index contributed by atoms with van der Waals surface area (Å²) < 4.78 is 0. The molecular formula is C13H24NO+. The maximum absolute atomic E-state index is 10.2. The Morgan fingerprint density at radius 3 is 2.40 bits per heavy atom. The van der Waals surface area contributed by atoms with Gasteiger partial charge in [-0.15, -0.1) is 0 Å². The topological polar surface area (TPSA) is 24.7 Å². The Labute approximate surface area is 92.7 Å². The van der Waals surface area contributed by atoms with Gasteiger partial charge in [-0.2, -0.15) is 0 Å². The number of hydrogen-bond donors (Lipinski definition) is 2. The summed E-state index contributed by atoms with van der Waals surface area (Å²) in [7, 11) is 0. The van der Waals surface area contributed by atoms with Crippen LogP contribution in [-0.2, 0) is 0 Å². The molecule has 0 aromatic rings. The molecule has 2 N–H and O–H groups in total. The first-order valence-electron chi connectivity index (χ1n) is 6.89. The SMILES string of the molecule is O[C@H]1C2CCC1C([NH+]1CCCCC1)CC2. The summed E-state index contributed by atoms with van der Waals surface area (Å²) in [5.41, 5.74) is 0. The van der Waals surface area contributed by atoms with Crippen molar-refractivity contribution in [2.24, 2.45) is 11.8 Å². The summed E-state index contributed by atoms with van der Waals surface area (Å²) in [6.07, 6.45) is 9.61. The quantitative estimate of drug-likeness (QED) is 0.651. The third-order valence-corrected chi connectivity index (χ3v) is 5.18. The van der Waals surface area contributed by atoms with Crippen molar-refractivity contribution in [3.05, 3.63) is 0 Å². The van der Waals surface area contributed by atoms with E-state index < -0.39 is 0 Å². The molecule has 0 spiro atoms. The van der Waals surface area contributed by atoms with Gasteiger partial charge < -0.3 is 10.0 Å². The largest absolute Gasteiger partial charge is 0.392 e. The van der Waals surface area contributed by atoms with Crippen molar-refractivity contribution in [2.75, 3.05) is 13.1 Å². The van der Waals surface area contributed by atoms with Gasteiger partial charge in [-0.1, -0.05) is 0 Å². The Hall–Kier alpha value is -0.0800. The molecule has 3 fully saturated rings. The number of quaternary nitrogens is 1. The van der Waals surface area contributed by atoms with E-state index in [9.17, 15) is 5.11 Å². The third kappa shape index (κ3) is 1.72. The summed E-state index contributed by atoms with van der Waals surface area (Å²) in [4.78, 5) is 1.82. The molecule has 1 aliphatic heterocycles. The Morgan fingerprint density at radius 1 is 0.867 bits per heavy atom. The van der Waals surface area contributed by atoms with Crippen LogP contribution in [0.5, 0.6) is 0 Å². The summed E-state index contributed by atoms with van der Waals surface area (Å²) in [5, 5.41) is 10.2. The molecule has 3 rings (SSSR count). The second-order valence-electron chi connectivity index (χ2n) is 5.89. The van der Waals surface area contributed by atoms with Crippen molar-refractivity contribution in [3.8, 4) is 0 Å². The van der Waals surface area contributed by atoms with Crippen LogP contribution in [0, 0.1) is 11.8 Å². The number of rotatable bonds is 1. The van der Waals surface area contributed by atoms with Gasteiger partial charge in [0.25, 0.3) is 0 Å². The average molecular weight is 210 g/mol. The molecule has 0 aromatic carbocycles. The van der Waals surface area contributed by atoms with E-state index in [1.807, 2.05) is 4.90 Å². The zero-order valence-corrected chi connectivity index (χ0v) is 9.62. The van der Waals surface area contributed by atoms with E-state index in [0.29, 0.717) is 11.8 Å². The molecule has 86 valence electrons. The minimum atomic E-state index is 0.0539. The molecule has 0 amide bonds. The minimum absolute atomic E-state index is 0.0539. The normalized spacial score (nSPS) is 47.0. The molecule has 3 aliphatic rings. The van der Waals surface area contributed by atoms with Crippen LogP contribution in [0.25, 0.3) is 0 Å². The fraction of sp³-hybridized carbons (Fsp3) is 1.00. The molecule has 2 heteroatoms. The molecule has 3 unspecified atom stereocenters. The van der Waals surface area contributed by atoms with Gasteiger partial charge in [-0.05, 0) is 44.4 Å². The molecule has 2 saturated carbocycles. The van der Waals surface area contributed by atoms with Crippen molar-refractivity contribution in [2.45, 2.75) is 57.1 Å². The molecule has 2 aliphatic carbocycles. The highest BCUT2D eigenvalue weighted by molar-refractivity contribution is 4.93. The second-order valence-corrected chi connectivity index (χ2v) is 5.89. The van der Waals surface area contributed by atoms with E-state index in [-0.39, 0.29) is 6.10 Å². The van der Waals surface area contributed by atoms with E-state index in [0.717, 1.165) is 6.04 Å². The van der Waals surface area contributed by atoms with Crippen molar-refractivity contribution in [3.63, 3.8) is 0 Å². The maximum Gasteiger partial charge on any atom is 0.0928 e. The number of nitrogens with one attached hydrogen (secondary N) is 1. The van der Waals surface area contributed by atoms with E-state index in [1.165, 1.54) is 58.0 Å². The molecule has 2 nitrogen and oxygen atoms in total. The van der Waals surface area contributed by atoms with Crippen LogP contribution in [-0.4, -0.2) is 30.3 Å². The van der Waals surface area contributed by atoms with Gasteiger partial charge in [-0.25, -0.2) is 0 Å². The summed E-state index contributed by atoms with van der Waals surface area (Å²) >= 11 is 0. The number of likely N-dealkylation sites (tertiary alicyclic amines) is 1. The standard InChI is InChI=1S/C13H23NO/c15-13-10-4-6-11(13)12(7-5-10)14-8-2-1-3-9-14/h10-13,15H,1-9H2/p+1/t10?,11?,12?,13-/m0/s1. The van der Waals surface area contributed by atoms with Gasteiger partial charge in [-0.3, -0.25) is 0 Å². The Bertz CT molecular complexity index is 225. The van der Waals surface area contributed by atoms with Crippen LogP contribution >= 0.6 is 0 Å². The lowest BCUT2D eigenvalue weighted by atomic mass is 9.81. The van der Waals surface area contributed by atoms with Gasteiger partial charge >= 0.3 is 0 Å². The highest BCUT2D eigenvalue weighted by Crippen LogP contribution is 2.41. The van der Waals surface area contributed by atoms with Crippen molar-refractivity contribution in [1.29, 1.82) is 0 Å². The smallest absolute Gasteiger partial charge is 0.0928 e. The van der Waals surface area contributed by atoms with Crippen LogP contribution in [0.3, 0.4) is 0 Å². The van der Waals surface area contributed by atoms with Gasteiger partial charge in [0.1, 0.15) is 0 Å². The molecule has 1 heterocycles. The zero-order valence-electron chi connectivity index (χ0n) is 9.62. The second kappa shape index (κ2) is 4.06. The molecule has 2 bridgehead atoms. The van der Waals surface area contributed by atoms with E-state index >= 15 is 0 Å². The zero-order chi connectivity index (χ0) is 10.3. The lowest BCUT2D eigenvalue weighted by molar-refractivity contribution is -0.935. The van der Waals surface area contributed by atoms with E-state index in [2.05, 4.69) is 0 Å². The predicted molar refractivity (Wildman–Crippen MR) is 59.8 cm³/mol. The lowest BCUT2D eigenvalue weighted by Crippen LogP contribution is -3.17. The predicted octanol–water partition coefficient (Wildman–Crippen LogP) is 0.605. The minimum Gasteiger partial charge on any atom is -0.392 e. The Kier molecular flexibility index (Phi) is 2.73. The molecule has 0 radical (unpaired) electrons. The number of aliphatic hydroxyl groups is 1. The van der Waals surface area contributed by atoms with E-state index in [4.69, 9.17) is 0 Å². The Morgan fingerprint density at radius 2 is 1.60 bits per heavy atom. The van der Waals surface area contributed by atoms with Gasteiger partial charge in [0.2, 0.25) is 0 Å². The average Bonchev–Trinajstić information content (AvgIpc) is 2.54. The van der Waals surface area contributed by atoms with Gasteiger partial charge in [0.15, 0.2) is 0 Å². The van der Waals surface area contributed by atoms with Crippen LogP contribution in [0.15, 0.2) is 0 Å². The maximum atomic E-state index is 10.2. The van der Waals surface area contributed by atoms with Crippen molar-refractivity contribution >= 4 is 0 Å². The lowest BCUT2D eigenvalue weighted by Gasteiger charge is -2.39. The van der Waals surface area contributed by atoms with Gasteiger partial charge in [0, 0.05) is 12.3 Å². The highest BCUT2D eigenvalue weighted by atomic mass is 16.3. The van der Waals surface area contributed by atoms with Crippen molar-refractivity contribution < 1.29 is 10.0 Å². The number of aliphatic hydroxyl groups excluding tert-OH is 1. The number of piperidine rings is 1. The molecule has 1 saturated heterocycles. The first-order chi connectivity index (χ1) is 7.36. The molecule has 15 heavy (non-hydrogen) atoms. The Balaban J connectivity index is 1.69. The number of fused-ring (bicyclic) bond motifs is 2. The monoisotopic (exact) mass is 210 g/mol. The summed E-state index contributed by atoms with van der Waals surface area (Å²) in [6, 6.07) is 0.805. The fourth-order valence-electron chi connectivity index (χ4n) is 4.34. The molecule has 0 aromatic heterocycles. The molecular weight excluding hydrogens is 186 g/mol. The first kappa shape index (κ1) is 10.1. The van der Waals surface area contributed by atoms with Crippen LogP contribution in [0.1, 0.15) is 44.9 Å². The van der Waals surface area contributed by atoms with Crippen LogP contribution < -0.4 is 4.90 Å². The molecule has 4 atom stereocenters. The summed E-state index contributed by atoms with van der Waals surface area (Å²) in [6.45, 7) is 2.75. The van der Waals surface area contributed by atoms with Crippen molar-refractivity contribution in [1.82, 2.24) is 0 Å². The highest BCUT2D eigenvalue weighted by Gasteiger charge is 2.47. The first-order valence-corrected chi connectivity index (χ1v) is 6.89. The van der Waals surface area contributed by atoms with Crippen LogP contribution in [0.4, 0.5) is 0 Å². The third-order valence-electron chi connectivity index (χ3n) is 5.18.